The molecule has 0 saturated heterocycles. The van der Waals surface area contributed by atoms with Crippen LogP contribution < -0.4 is 9.64 Å². The molecule has 0 fully saturated rings. The van der Waals surface area contributed by atoms with Gasteiger partial charge in [-0.3, -0.25) is 9.59 Å². The van der Waals surface area contributed by atoms with Crippen LogP contribution in [-0.4, -0.2) is 27.7 Å². The van der Waals surface area contributed by atoms with Gasteiger partial charge in [-0.15, -0.1) is 0 Å². The van der Waals surface area contributed by atoms with Crippen molar-refractivity contribution in [2.75, 3.05) is 4.90 Å². The second kappa shape index (κ2) is 7.95. The number of anilines is 1. The summed E-state index contributed by atoms with van der Waals surface area (Å²) in [5.74, 6) is 0.158. The molecular formula is C23H22ClN3O3. The summed E-state index contributed by atoms with van der Waals surface area (Å²) in [5, 5.41) is 4.86. The zero-order valence-corrected chi connectivity index (χ0v) is 17.8. The molecule has 1 amide bonds. The highest BCUT2D eigenvalue weighted by atomic mass is 35.5. The molecule has 154 valence electrons. The van der Waals surface area contributed by atoms with Crippen molar-refractivity contribution in [3.05, 3.63) is 76.1 Å². The van der Waals surface area contributed by atoms with Gasteiger partial charge >= 0.3 is 0 Å². The maximum atomic E-state index is 13.1. The molecule has 0 spiro atoms. The number of benzene rings is 2. The highest BCUT2D eigenvalue weighted by Gasteiger charge is 2.34. The smallest absolute Gasteiger partial charge is 0.278 e. The summed E-state index contributed by atoms with van der Waals surface area (Å²) in [6.45, 7) is 5.87. The number of aromatic nitrogens is 2. The summed E-state index contributed by atoms with van der Waals surface area (Å²) in [5.41, 5.74) is 3.32. The molecular weight excluding hydrogens is 402 g/mol. The Hall–Kier alpha value is -3.12. The Kier molecular flexibility index (Phi) is 5.35. The SMILES string of the molecule is CC[C@H]1Oc2ccc(C(=O)n3nc(C)cc3C)cc2N(Cc2ccccc2Cl)C1=O. The molecule has 1 atom stereocenters. The average molecular weight is 424 g/mol. The van der Waals surface area contributed by atoms with Crippen LogP contribution in [-0.2, 0) is 11.3 Å². The third-order valence-electron chi connectivity index (χ3n) is 5.17. The first-order valence-electron chi connectivity index (χ1n) is 9.82. The number of aryl methyl sites for hydroxylation is 2. The largest absolute Gasteiger partial charge is 0.478 e. The highest BCUT2D eigenvalue weighted by Crippen LogP contribution is 2.37. The lowest BCUT2D eigenvalue weighted by Crippen LogP contribution is -2.45. The van der Waals surface area contributed by atoms with Gasteiger partial charge in [-0.2, -0.15) is 5.10 Å². The van der Waals surface area contributed by atoms with E-state index in [1.165, 1.54) is 4.68 Å². The fourth-order valence-corrected chi connectivity index (χ4v) is 3.83. The molecule has 0 radical (unpaired) electrons. The van der Waals surface area contributed by atoms with E-state index >= 15 is 0 Å². The van der Waals surface area contributed by atoms with E-state index in [2.05, 4.69) is 5.10 Å². The lowest BCUT2D eigenvalue weighted by atomic mass is 10.1. The minimum Gasteiger partial charge on any atom is -0.478 e. The van der Waals surface area contributed by atoms with Crippen LogP contribution in [0.1, 0.15) is 40.7 Å². The molecule has 0 N–H and O–H groups in total. The molecule has 1 aliphatic heterocycles. The van der Waals surface area contributed by atoms with Gasteiger partial charge in [0.25, 0.3) is 11.8 Å². The van der Waals surface area contributed by atoms with E-state index < -0.39 is 6.10 Å². The molecule has 1 aromatic heterocycles. The zero-order valence-electron chi connectivity index (χ0n) is 17.1. The van der Waals surface area contributed by atoms with Crippen LogP contribution >= 0.6 is 11.6 Å². The molecule has 4 rings (SSSR count). The Labute approximate surface area is 180 Å². The van der Waals surface area contributed by atoms with E-state index in [0.29, 0.717) is 35.0 Å². The summed E-state index contributed by atoms with van der Waals surface area (Å²) in [4.78, 5) is 27.8. The van der Waals surface area contributed by atoms with Crippen molar-refractivity contribution in [2.24, 2.45) is 0 Å². The predicted molar refractivity (Wildman–Crippen MR) is 115 cm³/mol. The average Bonchev–Trinajstić information content (AvgIpc) is 3.08. The van der Waals surface area contributed by atoms with E-state index in [1.54, 1.807) is 29.2 Å². The van der Waals surface area contributed by atoms with E-state index in [9.17, 15) is 9.59 Å². The number of rotatable bonds is 4. The third-order valence-corrected chi connectivity index (χ3v) is 5.54. The molecule has 2 heterocycles. The van der Waals surface area contributed by atoms with Crippen molar-refractivity contribution in [2.45, 2.75) is 39.8 Å². The molecule has 3 aromatic rings. The number of hydrogen-bond acceptors (Lipinski definition) is 4. The van der Waals surface area contributed by atoms with Gasteiger partial charge < -0.3 is 9.64 Å². The molecule has 7 heteroatoms. The van der Waals surface area contributed by atoms with Crippen molar-refractivity contribution in [1.82, 2.24) is 9.78 Å². The summed E-state index contributed by atoms with van der Waals surface area (Å²) >= 11 is 6.34. The zero-order chi connectivity index (χ0) is 21.4. The van der Waals surface area contributed by atoms with Crippen LogP contribution in [0.3, 0.4) is 0 Å². The number of nitrogens with zero attached hydrogens (tertiary/aromatic N) is 3. The number of hydrogen-bond donors (Lipinski definition) is 0. The Bertz CT molecular complexity index is 1140. The fraction of sp³-hybridized carbons (Fsp3) is 0.261. The minimum atomic E-state index is -0.572. The number of amides is 1. The van der Waals surface area contributed by atoms with Crippen LogP contribution in [0.5, 0.6) is 5.75 Å². The topological polar surface area (TPSA) is 64.4 Å². The number of carbonyl (C=O) groups excluding carboxylic acids is 2. The second-order valence-electron chi connectivity index (χ2n) is 7.36. The van der Waals surface area contributed by atoms with Crippen LogP contribution in [0.4, 0.5) is 5.69 Å². The Morgan fingerprint density at radius 2 is 1.93 bits per heavy atom. The molecule has 2 aromatic carbocycles. The standard InChI is InChI=1S/C23H22ClN3O3/c1-4-20-23(29)26(13-17-7-5-6-8-18(17)24)19-12-16(9-10-21(19)30-20)22(28)27-15(3)11-14(2)25-27/h5-12,20H,4,13H2,1-3H3/t20-/m1/s1. The fourth-order valence-electron chi connectivity index (χ4n) is 3.63. The summed E-state index contributed by atoms with van der Waals surface area (Å²) < 4.78 is 7.27. The normalized spacial score (nSPS) is 15.7. The molecule has 1 aliphatic rings. The van der Waals surface area contributed by atoms with E-state index in [-0.39, 0.29) is 11.8 Å². The van der Waals surface area contributed by atoms with Crippen molar-refractivity contribution in [1.29, 1.82) is 0 Å². The molecule has 0 bridgehead atoms. The Morgan fingerprint density at radius 3 is 2.60 bits per heavy atom. The lowest BCUT2D eigenvalue weighted by Gasteiger charge is -2.34. The van der Waals surface area contributed by atoms with Gasteiger partial charge in [0.2, 0.25) is 0 Å². The van der Waals surface area contributed by atoms with Crippen molar-refractivity contribution in [3.8, 4) is 5.75 Å². The second-order valence-corrected chi connectivity index (χ2v) is 7.76. The van der Waals surface area contributed by atoms with E-state index in [4.69, 9.17) is 16.3 Å². The molecule has 30 heavy (non-hydrogen) atoms. The van der Waals surface area contributed by atoms with Gasteiger partial charge in [-0.1, -0.05) is 36.7 Å². The van der Waals surface area contributed by atoms with Crippen molar-refractivity contribution in [3.63, 3.8) is 0 Å². The number of fused-ring (bicyclic) bond motifs is 1. The van der Waals surface area contributed by atoms with Crippen molar-refractivity contribution < 1.29 is 14.3 Å². The van der Waals surface area contributed by atoms with Gasteiger partial charge in [0, 0.05) is 16.3 Å². The van der Waals surface area contributed by atoms with Gasteiger partial charge in [-0.25, -0.2) is 4.68 Å². The molecule has 6 nitrogen and oxygen atoms in total. The monoisotopic (exact) mass is 423 g/mol. The first-order valence-corrected chi connectivity index (χ1v) is 10.2. The van der Waals surface area contributed by atoms with Gasteiger partial charge in [0.15, 0.2) is 6.10 Å². The maximum absolute atomic E-state index is 13.1. The Balaban J connectivity index is 1.76. The first kappa shape index (κ1) is 20.2. The van der Waals surface area contributed by atoms with Crippen LogP contribution in [0, 0.1) is 13.8 Å². The van der Waals surface area contributed by atoms with E-state index in [0.717, 1.165) is 17.0 Å². The predicted octanol–water partition coefficient (Wildman–Crippen LogP) is 4.55. The van der Waals surface area contributed by atoms with Gasteiger partial charge in [0.1, 0.15) is 5.75 Å². The summed E-state index contributed by atoms with van der Waals surface area (Å²) in [6, 6.07) is 14.4. The minimum absolute atomic E-state index is 0.152. The molecule has 0 unspecified atom stereocenters. The summed E-state index contributed by atoms with van der Waals surface area (Å²) in [7, 11) is 0. The number of halogens is 1. The lowest BCUT2D eigenvalue weighted by molar-refractivity contribution is -0.126. The first-order chi connectivity index (χ1) is 14.4. The van der Waals surface area contributed by atoms with Crippen LogP contribution in [0.25, 0.3) is 0 Å². The maximum Gasteiger partial charge on any atom is 0.278 e. The van der Waals surface area contributed by atoms with Gasteiger partial charge in [0.05, 0.1) is 17.9 Å². The quantitative estimate of drug-likeness (QED) is 0.617. The van der Waals surface area contributed by atoms with Crippen LogP contribution in [0.15, 0.2) is 48.5 Å². The molecule has 0 saturated carbocycles. The molecule has 0 aliphatic carbocycles. The third kappa shape index (κ3) is 3.59. The van der Waals surface area contributed by atoms with Crippen LogP contribution in [0.2, 0.25) is 5.02 Å². The summed E-state index contributed by atoms with van der Waals surface area (Å²) in [6.07, 6.45) is -0.0263. The van der Waals surface area contributed by atoms with Gasteiger partial charge in [-0.05, 0) is 56.2 Å². The Morgan fingerprint density at radius 1 is 1.17 bits per heavy atom. The number of carbonyl (C=O) groups is 2. The van der Waals surface area contributed by atoms with E-state index in [1.807, 2.05) is 45.0 Å². The highest BCUT2D eigenvalue weighted by molar-refractivity contribution is 6.31. The number of ether oxygens (including phenoxy) is 1. The van der Waals surface area contributed by atoms with Crippen molar-refractivity contribution >= 4 is 29.1 Å².